The highest BCUT2D eigenvalue weighted by Crippen LogP contribution is 2.15. The summed E-state index contributed by atoms with van der Waals surface area (Å²) in [5.41, 5.74) is 1.35. The molecular weight excluding hydrogens is 372 g/mol. The van der Waals surface area contributed by atoms with Crippen LogP contribution in [0.5, 0.6) is 0 Å². The minimum atomic E-state index is -1.11. The minimum absolute atomic E-state index is 0.0506. The second-order valence-electron chi connectivity index (χ2n) is 7.10. The Bertz CT molecular complexity index is 856. The standard InChI is InChI=1S/C22H24N2O5/c1-15-13-24(14-19(29-15)22(27)28)21(26)18(12-16-8-4-2-5-9-16)23-20(25)17-10-6-3-7-11-17/h2-11,15,18-19H,12-14H2,1H3,(H,23,25)(H,27,28)/t15-,18?,19?/m1/s1. The second kappa shape index (κ2) is 9.34. The molecule has 0 saturated carbocycles. The molecule has 0 aromatic heterocycles. The summed E-state index contributed by atoms with van der Waals surface area (Å²) in [5.74, 6) is -1.78. The number of carboxylic acid groups (broad SMARTS) is 1. The van der Waals surface area contributed by atoms with E-state index in [9.17, 15) is 19.5 Å². The lowest BCUT2D eigenvalue weighted by atomic mass is 10.0. The van der Waals surface area contributed by atoms with E-state index in [1.54, 1.807) is 31.2 Å². The van der Waals surface area contributed by atoms with Crippen LogP contribution < -0.4 is 5.32 Å². The Hall–Kier alpha value is -3.19. The molecule has 0 radical (unpaired) electrons. The summed E-state index contributed by atoms with van der Waals surface area (Å²) in [5, 5.41) is 12.1. The molecule has 1 heterocycles. The zero-order valence-electron chi connectivity index (χ0n) is 16.2. The van der Waals surface area contributed by atoms with Crippen molar-refractivity contribution < 1.29 is 24.2 Å². The number of aliphatic carboxylic acids is 1. The molecule has 2 N–H and O–H groups in total. The van der Waals surface area contributed by atoms with E-state index in [1.165, 1.54) is 4.90 Å². The first-order chi connectivity index (χ1) is 13.9. The largest absolute Gasteiger partial charge is 0.479 e. The monoisotopic (exact) mass is 396 g/mol. The summed E-state index contributed by atoms with van der Waals surface area (Å²) in [6.07, 6.45) is -1.18. The Morgan fingerprint density at radius 2 is 1.69 bits per heavy atom. The smallest absolute Gasteiger partial charge is 0.334 e. The number of nitrogens with zero attached hydrogens (tertiary/aromatic N) is 1. The van der Waals surface area contributed by atoms with Crippen molar-refractivity contribution >= 4 is 17.8 Å². The second-order valence-corrected chi connectivity index (χ2v) is 7.10. The van der Waals surface area contributed by atoms with Crippen LogP contribution in [0.2, 0.25) is 0 Å². The van der Waals surface area contributed by atoms with Crippen LogP contribution in [0.25, 0.3) is 0 Å². The first-order valence-corrected chi connectivity index (χ1v) is 9.51. The van der Waals surface area contributed by atoms with Crippen LogP contribution >= 0.6 is 0 Å². The topological polar surface area (TPSA) is 95.9 Å². The van der Waals surface area contributed by atoms with Gasteiger partial charge < -0.3 is 20.1 Å². The van der Waals surface area contributed by atoms with Gasteiger partial charge in [-0.05, 0) is 24.6 Å². The third-order valence-electron chi connectivity index (χ3n) is 4.77. The fraction of sp³-hybridized carbons (Fsp3) is 0.318. The SMILES string of the molecule is C[C@@H]1CN(C(=O)C(Cc2ccccc2)NC(=O)c2ccccc2)CC(C(=O)O)O1. The Balaban J connectivity index is 1.80. The Kier molecular flexibility index (Phi) is 6.61. The van der Waals surface area contributed by atoms with Crippen molar-refractivity contribution in [3.05, 3.63) is 71.8 Å². The number of benzene rings is 2. The zero-order valence-corrected chi connectivity index (χ0v) is 16.2. The van der Waals surface area contributed by atoms with Gasteiger partial charge in [0.05, 0.1) is 12.6 Å². The summed E-state index contributed by atoms with van der Waals surface area (Å²) in [6.45, 7) is 1.95. The minimum Gasteiger partial charge on any atom is -0.479 e. The first kappa shape index (κ1) is 20.5. The van der Waals surface area contributed by atoms with E-state index >= 15 is 0 Å². The maximum absolute atomic E-state index is 13.2. The Labute approximate surface area is 169 Å². The van der Waals surface area contributed by atoms with E-state index in [2.05, 4.69) is 5.32 Å². The van der Waals surface area contributed by atoms with Gasteiger partial charge in [0.25, 0.3) is 5.91 Å². The lowest BCUT2D eigenvalue weighted by Crippen LogP contribution is -2.57. The van der Waals surface area contributed by atoms with Gasteiger partial charge in [0, 0.05) is 18.5 Å². The normalized spacial score (nSPS) is 20.0. The van der Waals surface area contributed by atoms with Crippen molar-refractivity contribution in [1.82, 2.24) is 10.2 Å². The molecule has 1 fully saturated rings. The number of carbonyl (C=O) groups excluding carboxylic acids is 2. The summed E-state index contributed by atoms with van der Waals surface area (Å²) in [7, 11) is 0. The van der Waals surface area contributed by atoms with Gasteiger partial charge in [0.1, 0.15) is 6.04 Å². The molecule has 7 nitrogen and oxygen atoms in total. The molecule has 3 atom stereocenters. The molecule has 2 aromatic rings. The molecule has 1 saturated heterocycles. The van der Waals surface area contributed by atoms with Crippen molar-refractivity contribution in [3.63, 3.8) is 0 Å². The highest BCUT2D eigenvalue weighted by atomic mass is 16.5. The maximum Gasteiger partial charge on any atom is 0.334 e. The van der Waals surface area contributed by atoms with Crippen LogP contribution in [-0.2, 0) is 20.7 Å². The molecule has 2 unspecified atom stereocenters. The molecule has 7 heteroatoms. The van der Waals surface area contributed by atoms with Gasteiger partial charge in [0.15, 0.2) is 6.10 Å². The number of carbonyl (C=O) groups is 3. The Morgan fingerprint density at radius 3 is 2.31 bits per heavy atom. The molecule has 152 valence electrons. The van der Waals surface area contributed by atoms with Gasteiger partial charge in [-0.3, -0.25) is 9.59 Å². The first-order valence-electron chi connectivity index (χ1n) is 9.51. The average molecular weight is 396 g/mol. The third kappa shape index (κ3) is 5.42. The molecule has 0 bridgehead atoms. The highest BCUT2D eigenvalue weighted by Gasteiger charge is 2.35. The van der Waals surface area contributed by atoms with Crippen LogP contribution in [0.4, 0.5) is 0 Å². The van der Waals surface area contributed by atoms with Gasteiger partial charge in [-0.2, -0.15) is 0 Å². The molecular formula is C22H24N2O5. The third-order valence-corrected chi connectivity index (χ3v) is 4.77. The van der Waals surface area contributed by atoms with Crippen molar-refractivity contribution in [2.24, 2.45) is 0 Å². The fourth-order valence-corrected chi connectivity index (χ4v) is 3.37. The van der Waals surface area contributed by atoms with Gasteiger partial charge in [-0.25, -0.2) is 4.79 Å². The number of hydrogen-bond acceptors (Lipinski definition) is 4. The summed E-state index contributed by atoms with van der Waals surface area (Å²) < 4.78 is 5.40. The van der Waals surface area contributed by atoms with E-state index in [-0.39, 0.29) is 24.9 Å². The fourth-order valence-electron chi connectivity index (χ4n) is 3.37. The van der Waals surface area contributed by atoms with Crippen molar-refractivity contribution in [2.45, 2.75) is 31.6 Å². The molecule has 2 amide bonds. The lowest BCUT2D eigenvalue weighted by Gasteiger charge is -2.37. The molecule has 1 aliphatic rings. The van der Waals surface area contributed by atoms with E-state index in [0.29, 0.717) is 12.0 Å². The van der Waals surface area contributed by atoms with Crippen molar-refractivity contribution in [2.75, 3.05) is 13.1 Å². The van der Waals surface area contributed by atoms with Crippen molar-refractivity contribution in [3.8, 4) is 0 Å². The number of hydrogen-bond donors (Lipinski definition) is 2. The van der Waals surface area contributed by atoms with Crippen LogP contribution in [0.15, 0.2) is 60.7 Å². The van der Waals surface area contributed by atoms with Crippen LogP contribution in [0.1, 0.15) is 22.8 Å². The predicted octanol–water partition coefficient (Wildman–Crippen LogP) is 1.73. The Morgan fingerprint density at radius 1 is 1.07 bits per heavy atom. The zero-order chi connectivity index (χ0) is 20.8. The van der Waals surface area contributed by atoms with Crippen LogP contribution in [-0.4, -0.2) is 59.1 Å². The average Bonchev–Trinajstić information content (AvgIpc) is 2.73. The molecule has 1 aliphatic heterocycles. The number of rotatable bonds is 6. The molecule has 2 aromatic carbocycles. The van der Waals surface area contributed by atoms with E-state index in [4.69, 9.17) is 4.74 Å². The van der Waals surface area contributed by atoms with Crippen LogP contribution in [0.3, 0.4) is 0 Å². The number of amides is 2. The van der Waals surface area contributed by atoms with Gasteiger partial charge in [-0.1, -0.05) is 48.5 Å². The number of ether oxygens (including phenoxy) is 1. The summed E-state index contributed by atoms with van der Waals surface area (Å²) in [4.78, 5) is 38.7. The molecule has 3 rings (SSSR count). The van der Waals surface area contributed by atoms with E-state index < -0.39 is 24.2 Å². The van der Waals surface area contributed by atoms with Gasteiger partial charge in [0.2, 0.25) is 5.91 Å². The highest BCUT2D eigenvalue weighted by molar-refractivity contribution is 5.97. The van der Waals surface area contributed by atoms with Gasteiger partial charge in [-0.15, -0.1) is 0 Å². The predicted molar refractivity (Wildman–Crippen MR) is 106 cm³/mol. The van der Waals surface area contributed by atoms with Gasteiger partial charge >= 0.3 is 5.97 Å². The van der Waals surface area contributed by atoms with E-state index in [0.717, 1.165) is 5.56 Å². The van der Waals surface area contributed by atoms with Crippen molar-refractivity contribution in [1.29, 1.82) is 0 Å². The molecule has 29 heavy (non-hydrogen) atoms. The summed E-state index contributed by atoms with van der Waals surface area (Å²) in [6, 6.07) is 17.2. The van der Waals surface area contributed by atoms with Crippen LogP contribution in [0, 0.1) is 0 Å². The molecule has 0 spiro atoms. The number of nitrogens with one attached hydrogen (secondary N) is 1. The number of morpholine rings is 1. The van der Waals surface area contributed by atoms with E-state index in [1.807, 2.05) is 36.4 Å². The summed E-state index contributed by atoms with van der Waals surface area (Å²) >= 11 is 0. The lowest BCUT2D eigenvalue weighted by molar-refractivity contribution is -0.167. The number of carboxylic acids is 1. The molecule has 0 aliphatic carbocycles. The quantitative estimate of drug-likeness (QED) is 0.775. The maximum atomic E-state index is 13.2.